The molecule has 1 aliphatic carbocycles. The van der Waals surface area contributed by atoms with Crippen LogP contribution in [0.3, 0.4) is 0 Å². The Balaban J connectivity index is 1.26. The second-order valence-corrected chi connectivity index (χ2v) is 9.14. The van der Waals surface area contributed by atoms with Crippen LogP contribution in [-0.2, 0) is 16.1 Å². The Morgan fingerprint density at radius 2 is 1.85 bits per heavy atom. The molecule has 1 saturated heterocycles. The van der Waals surface area contributed by atoms with Crippen LogP contribution in [0.5, 0.6) is 0 Å². The van der Waals surface area contributed by atoms with E-state index in [1.807, 2.05) is 31.7 Å². The summed E-state index contributed by atoms with van der Waals surface area (Å²) < 4.78 is 11.3. The molecule has 2 unspecified atom stereocenters. The van der Waals surface area contributed by atoms with E-state index in [0.717, 1.165) is 63.3 Å². The fourth-order valence-electron chi connectivity index (χ4n) is 4.23. The van der Waals surface area contributed by atoms with Crippen LogP contribution >= 0.6 is 0 Å². The number of likely N-dealkylation sites (tertiary alicyclic amines) is 1. The van der Waals surface area contributed by atoms with E-state index in [1.54, 1.807) is 0 Å². The third kappa shape index (κ3) is 6.53. The molecule has 27 heavy (non-hydrogen) atoms. The minimum absolute atomic E-state index is 0.149. The fraction of sp³-hybridized carbons (Fsp3) is 0.696. The minimum atomic E-state index is -0.405. The van der Waals surface area contributed by atoms with Gasteiger partial charge in [-0.1, -0.05) is 30.3 Å². The molecular weight excluding hydrogens is 338 g/mol. The summed E-state index contributed by atoms with van der Waals surface area (Å²) >= 11 is 0. The van der Waals surface area contributed by atoms with E-state index in [2.05, 4.69) is 24.3 Å². The molecule has 0 aromatic heterocycles. The summed E-state index contributed by atoms with van der Waals surface area (Å²) in [4.78, 5) is 14.1. The molecule has 150 valence electrons. The van der Waals surface area contributed by atoms with E-state index in [-0.39, 0.29) is 6.09 Å². The van der Waals surface area contributed by atoms with Gasteiger partial charge in [-0.3, -0.25) is 0 Å². The fourth-order valence-corrected chi connectivity index (χ4v) is 4.23. The van der Waals surface area contributed by atoms with Crippen molar-refractivity contribution >= 4 is 6.09 Å². The van der Waals surface area contributed by atoms with Crippen LogP contribution < -0.4 is 0 Å². The van der Waals surface area contributed by atoms with E-state index < -0.39 is 5.60 Å². The molecule has 0 bridgehead atoms. The number of hydrogen-bond donors (Lipinski definition) is 0. The highest BCUT2D eigenvalue weighted by atomic mass is 16.6. The van der Waals surface area contributed by atoms with Crippen molar-refractivity contribution in [1.29, 1.82) is 0 Å². The number of amides is 1. The maximum atomic E-state index is 12.2. The van der Waals surface area contributed by atoms with Gasteiger partial charge in [0.25, 0.3) is 0 Å². The van der Waals surface area contributed by atoms with Crippen LogP contribution in [0.4, 0.5) is 4.79 Å². The average Bonchev–Trinajstić information content (AvgIpc) is 3.41. The van der Waals surface area contributed by atoms with Crippen molar-refractivity contribution < 1.29 is 14.3 Å². The molecular formula is C23H35NO3. The van der Waals surface area contributed by atoms with Crippen LogP contribution in [0.25, 0.3) is 0 Å². The highest BCUT2D eigenvalue weighted by Gasteiger charge is 2.43. The van der Waals surface area contributed by atoms with Gasteiger partial charge in [0, 0.05) is 19.7 Å². The molecule has 1 aromatic rings. The maximum absolute atomic E-state index is 12.2. The largest absolute Gasteiger partial charge is 0.444 e. The van der Waals surface area contributed by atoms with Crippen molar-refractivity contribution in [2.75, 3.05) is 19.7 Å². The molecule has 2 atom stereocenters. The number of hydrogen-bond acceptors (Lipinski definition) is 3. The monoisotopic (exact) mass is 373 g/mol. The van der Waals surface area contributed by atoms with Crippen LogP contribution in [0, 0.1) is 17.8 Å². The number of ether oxygens (including phenoxy) is 2. The van der Waals surface area contributed by atoms with Crippen molar-refractivity contribution in [2.24, 2.45) is 17.8 Å². The first-order chi connectivity index (χ1) is 12.9. The molecule has 3 rings (SSSR count). The third-order valence-corrected chi connectivity index (χ3v) is 5.75. The summed E-state index contributed by atoms with van der Waals surface area (Å²) in [5.74, 6) is 2.54. The van der Waals surface area contributed by atoms with Gasteiger partial charge in [-0.05, 0) is 76.2 Å². The number of nitrogens with zero attached hydrogens (tertiary/aromatic N) is 1. The van der Waals surface area contributed by atoms with Crippen LogP contribution in [-0.4, -0.2) is 36.3 Å². The van der Waals surface area contributed by atoms with Gasteiger partial charge in [-0.2, -0.15) is 0 Å². The molecule has 0 radical (unpaired) electrons. The first kappa shape index (κ1) is 20.2. The summed E-state index contributed by atoms with van der Waals surface area (Å²) in [6.07, 6.45) is 5.92. The number of carbonyl (C=O) groups is 1. The first-order valence-corrected chi connectivity index (χ1v) is 10.5. The minimum Gasteiger partial charge on any atom is -0.444 e. The molecule has 0 spiro atoms. The molecule has 1 heterocycles. The smallest absolute Gasteiger partial charge is 0.410 e. The van der Waals surface area contributed by atoms with Gasteiger partial charge in [0.05, 0.1) is 6.61 Å². The Morgan fingerprint density at radius 3 is 2.52 bits per heavy atom. The van der Waals surface area contributed by atoms with E-state index in [1.165, 1.54) is 18.4 Å². The van der Waals surface area contributed by atoms with Gasteiger partial charge in [-0.15, -0.1) is 0 Å². The highest BCUT2D eigenvalue weighted by molar-refractivity contribution is 5.68. The Morgan fingerprint density at radius 1 is 1.15 bits per heavy atom. The second-order valence-electron chi connectivity index (χ2n) is 9.14. The van der Waals surface area contributed by atoms with Crippen molar-refractivity contribution in [2.45, 2.75) is 65.1 Å². The summed E-state index contributed by atoms with van der Waals surface area (Å²) in [5.41, 5.74) is 0.844. The lowest BCUT2D eigenvalue weighted by molar-refractivity contribution is 0.0173. The molecule has 2 fully saturated rings. The van der Waals surface area contributed by atoms with Gasteiger partial charge in [-0.25, -0.2) is 4.79 Å². The van der Waals surface area contributed by atoms with Gasteiger partial charge in [0.15, 0.2) is 0 Å². The zero-order valence-corrected chi connectivity index (χ0v) is 17.2. The van der Waals surface area contributed by atoms with E-state index in [9.17, 15) is 4.79 Å². The molecule has 2 aliphatic rings. The van der Waals surface area contributed by atoms with Crippen LogP contribution in [0.15, 0.2) is 30.3 Å². The third-order valence-electron chi connectivity index (χ3n) is 5.75. The van der Waals surface area contributed by atoms with Gasteiger partial charge in [0.1, 0.15) is 5.60 Å². The molecule has 1 saturated carbocycles. The van der Waals surface area contributed by atoms with Crippen LogP contribution in [0.1, 0.15) is 58.4 Å². The Labute approximate surface area is 164 Å². The summed E-state index contributed by atoms with van der Waals surface area (Å²) in [6.45, 7) is 9.06. The Hall–Kier alpha value is -1.55. The van der Waals surface area contributed by atoms with Crippen LogP contribution in [0.2, 0.25) is 0 Å². The van der Waals surface area contributed by atoms with E-state index in [0.29, 0.717) is 0 Å². The number of benzene rings is 1. The Bertz CT molecular complexity index is 587. The van der Waals surface area contributed by atoms with Gasteiger partial charge in [0.2, 0.25) is 0 Å². The zero-order valence-electron chi connectivity index (χ0n) is 17.2. The normalized spacial score (nSPS) is 23.3. The molecule has 4 nitrogen and oxygen atoms in total. The molecule has 0 N–H and O–H groups in total. The predicted octanol–water partition coefficient (Wildman–Crippen LogP) is 5.27. The highest BCUT2D eigenvalue weighted by Crippen LogP contribution is 2.50. The lowest BCUT2D eigenvalue weighted by Gasteiger charge is -2.33. The van der Waals surface area contributed by atoms with E-state index in [4.69, 9.17) is 9.47 Å². The van der Waals surface area contributed by atoms with Crippen molar-refractivity contribution in [3.8, 4) is 0 Å². The predicted molar refractivity (Wildman–Crippen MR) is 107 cm³/mol. The maximum Gasteiger partial charge on any atom is 0.410 e. The number of carbonyl (C=O) groups excluding carboxylic acids is 1. The summed E-state index contributed by atoms with van der Waals surface area (Å²) in [6, 6.07) is 10.4. The summed E-state index contributed by atoms with van der Waals surface area (Å²) in [7, 11) is 0. The van der Waals surface area contributed by atoms with Crippen molar-refractivity contribution in [3.05, 3.63) is 35.9 Å². The molecule has 4 heteroatoms. The standard InChI is InChI=1S/C23H35NO3/c1-23(2,3)27-22(25)24-13-11-19(12-14-24)21-16-20(21)10-7-15-26-17-18-8-5-4-6-9-18/h4-6,8-9,19-21H,7,10-17H2,1-3H3. The Kier molecular flexibility index (Phi) is 6.80. The molecule has 1 aliphatic heterocycles. The number of rotatable bonds is 7. The number of piperidine rings is 1. The van der Waals surface area contributed by atoms with Gasteiger partial charge < -0.3 is 14.4 Å². The SMILES string of the molecule is CC(C)(C)OC(=O)N1CCC(C2CC2CCCOCc2ccccc2)CC1. The zero-order chi connectivity index (χ0) is 19.3. The van der Waals surface area contributed by atoms with Gasteiger partial charge >= 0.3 is 6.09 Å². The van der Waals surface area contributed by atoms with Crippen molar-refractivity contribution in [3.63, 3.8) is 0 Å². The molecule has 1 aromatic carbocycles. The first-order valence-electron chi connectivity index (χ1n) is 10.5. The quantitative estimate of drug-likeness (QED) is 0.611. The van der Waals surface area contributed by atoms with Crippen molar-refractivity contribution in [1.82, 2.24) is 4.90 Å². The lowest BCUT2D eigenvalue weighted by Crippen LogP contribution is -2.42. The second kappa shape index (κ2) is 9.09. The summed E-state index contributed by atoms with van der Waals surface area (Å²) in [5, 5.41) is 0. The average molecular weight is 374 g/mol. The van der Waals surface area contributed by atoms with E-state index >= 15 is 0 Å². The lowest BCUT2D eigenvalue weighted by atomic mass is 9.90. The molecule has 1 amide bonds. The topological polar surface area (TPSA) is 38.8 Å².